The summed E-state index contributed by atoms with van der Waals surface area (Å²) >= 11 is 0. The summed E-state index contributed by atoms with van der Waals surface area (Å²) in [5, 5.41) is 9.79. The maximum Gasteiger partial charge on any atom is 0.330 e. The van der Waals surface area contributed by atoms with Crippen molar-refractivity contribution in [2.75, 3.05) is 0 Å². The SMILES string of the molecule is CCCCCCCCC(O)C=CC(=O)OCc1ccccc1. The molecule has 0 bridgehead atoms. The number of aliphatic hydroxyl groups excluding tert-OH is 1. The molecule has 0 radical (unpaired) electrons. The van der Waals surface area contributed by atoms with Gasteiger partial charge in [0.15, 0.2) is 0 Å². The minimum absolute atomic E-state index is 0.261. The Bertz CT molecular complexity index is 426. The summed E-state index contributed by atoms with van der Waals surface area (Å²) in [6.07, 6.45) is 10.2. The summed E-state index contributed by atoms with van der Waals surface area (Å²) in [5.74, 6) is -0.411. The highest BCUT2D eigenvalue weighted by atomic mass is 16.5. The quantitative estimate of drug-likeness (QED) is 0.374. The molecule has 0 amide bonds. The van der Waals surface area contributed by atoms with Gasteiger partial charge in [0.2, 0.25) is 0 Å². The molecule has 22 heavy (non-hydrogen) atoms. The number of ether oxygens (including phenoxy) is 1. The van der Waals surface area contributed by atoms with Crippen molar-refractivity contribution in [1.82, 2.24) is 0 Å². The second-order valence-electron chi connectivity index (χ2n) is 5.58. The van der Waals surface area contributed by atoms with E-state index >= 15 is 0 Å². The van der Waals surface area contributed by atoms with E-state index in [1.807, 2.05) is 30.3 Å². The van der Waals surface area contributed by atoms with Crippen LogP contribution >= 0.6 is 0 Å². The van der Waals surface area contributed by atoms with Gasteiger partial charge in [-0.05, 0) is 18.1 Å². The van der Waals surface area contributed by atoms with Crippen molar-refractivity contribution < 1.29 is 14.6 Å². The van der Waals surface area contributed by atoms with Gasteiger partial charge in [-0.25, -0.2) is 4.79 Å². The number of aliphatic hydroxyl groups is 1. The maximum atomic E-state index is 11.5. The van der Waals surface area contributed by atoms with Gasteiger partial charge >= 0.3 is 5.97 Å². The Labute approximate surface area is 134 Å². The number of unbranched alkanes of at least 4 members (excludes halogenated alkanes) is 5. The first-order valence-corrected chi connectivity index (χ1v) is 8.29. The molecule has 3 nitrogen and oxygen atoms in total. The van der Waals surface area contributed by atoms with Crippen LogP contribution in [0.4, 0.5) is 0 Å². The van der Waals surface area contributed by atoms with Crippen LogP contribution in [-0.2, 0) is 16.1 Å². The summed E-state index contributed by atoms with van der Waals surface area (Å²) in [6, 6.07) is 9.55. The Morgan fingerprint density at radius 3 is 2.55 bits per heavy atom. The molecular formula is C19H28O3. The number of carbonyl (C=O) groups excluding carboxylic acids is 1. The number of hydrogen-bond acceptors (Lipinski definition) is 3. The van der Waals surface area contributed by atoms with E-state index in [4.69, 9.17) is 4.74 Å². The number of rotatable bonds is 11. The standard InChI is InChI=1S/C19H28O3/c1-2-3-4-5-6-10-13-18(20)14-15-19(21)22-16-17-11-8-7-9-12-17/h7-9,11-12,14-15,18,20H,2-6,10,13,16H2,1H3. The lowest BCUT2D eigenvalue weighted by molar-refractivity contribution is -0.139. The molecule has 1 aromatic rings. The first-order valence-electron chi connectivity index (χ1n) is 8.29. The van der Waals surface area contributed by atoms with Gasteiger partial charge in [0.25, 0.3) is 0 Å². The number of benzene rings is 1. The topological polar surface area (TPSA) is 46.5 Å². The molecule has 0 aliphatic rings. The fourth-order valence-electron chi connectivity index (χ4n) is 2.20. The average molecular weight is 304 g/mol. The third-order valence-electron chi connectivity index (χ3n) is 3.53. The molecule has 0 aliphatic carbocycles. The third-order valence-corrected chi connectivity index (χ3v) is 3.53. The molecule has 1 N–H and O–H groups in total. The second kappa shape index (κ2) is 12.0. The van der Waals surface area contributed by atoms with Crippen LogP contribution in [0.1, 0.15) is 57.4 Å². The summed E-state index contributed by atoms with van der Waals surface area (Å²) in [7, 11) is 0. The Balaban J connectivity index is 2.10. The van der Waals surface area contributed by atoms with Crippen molar-refractivity contribution in [3.05, 3.63) is 48.0 Å². The molecule has 0 spiro atoms. The monoisotopic (exact) mass is 304 g/mol. The van der Waals surface area contributed by atoms with Gasteiger partial charge in [-0.3, -0.25) is 0 Å². The largest absolute Gasteiger partial charge is 0.458 e. The number of hydrogen-bond donors (Lipinski definition) is 1. The van der Waals surface area contributed by atoms with Crippen LogP contribution in [0.2, 0.25) is 0 Å². The van der Waals surface area contributed by atoms with E-state index < -0.39 is 12.1 Å². The van der Waals surface area contributed by atoms with Gasteiger partial charge < -0.3 is 9.84 Å². The van der Waals surface area contributed by atoms with Crippen LogP contribution in [0.15, 0.2) is 42.5 Å². The Morgan fingerprint density at radius 2 is 1.82 bits per heavy atom. The highest BCUT2D eigenvalue weighted by Crippen LogP contribution is 2.09. The van der Waals surface area contributed by atoms with Gasteiger partial charge in [-0.15, -0.1) is 0 Å². The second-order valence-corrected chi connectivity index (χ2v) is 5.58. The van der Waals surface area contributed by atoms with Crippen molar-refractivity contribution in [3.63, 3.8) is 0 Å². The summed E-state index contributed by atoms with van der Waals surface area (Å²) < 4.78 is 5.11. The molecule has 0 fully saturated rings. The fourth-order valence-corrected chi connectivity index (χ4v) is 2.20. The van der Waals surface area contributed by atoms with Crippen molar-refractivity contribution >= 4 is 5.97 Å². The summed E-state index contributed by atoms with van der Waals surface area (Å²) in [6.45, 7) is 2.46. The van der Waals surface area contributed by atoms with Crippen LogP contribution in [0.3, 0.4) is 0 Å². The smallest absolute Gasteiger partial charge is 0.330 e. The fraction of sp³-hybridized carbons (Fsp3) is 0.526. The average Bonchev–Trinajstić information content (AvgIpc) is 2.55. The van der Waals surface area contributed by atoms with Crippen LogP contribution in [0.25, 0.3) is 0 Å². The van der Waals surface area contributed by atoms with Gasteiger partial charge in [0.1, 0.15) is 6.61 Å². The van der Waals surface area contributed by atoms with Crippen molar-refractivity contribution in [1.29, 1.82) is 0 Å². The minimum atomic E-state index is -0.560. The molecule has 0 aromatic heterocycles. The van der Waals surface area contributed by atoms with Crippen LogP contribution < -0.4 is 0 Å². The molecule has 0 heterocycles. The summed E-state index contributed by atoms with van der Waals surface area (Å²) in [4.78, 5) is 11.5. The number of esters is 1. The van der Waals surface area contributed by atoms with E-state index in [0.717, 1.165) is 18.4 Å². The maximum absolute atomic E-state index is 11.5. The first-order chi connectivity index (χ1) is 10.7. The Morgan fingerprint density at radius 1 is 1.14 bits per heavy atom. The predicted octanol–water partition coefficient (Wildman–Crippen LogP) is 4.40. The zero-order valence-corrected chi connectivity index (χ0v) is 13.5. The van der Waals surface area contributed by atoms with E-state index in [1.165, 1.54) is 37.8 Å². The van der Waals surface area contributed by atoms with Crippen LogP contribution in [0, 0.1) is 0 Å². The Kier molecular flexibility index (Phi) is 10.0. The van der Waals surface area contributed by atoms with Gasteiger partial charge in [-0.2, -0.15) is 0 Å². The van der Waals surface area contributed by atoms with E-state index in [1.54, 1.807) is 0 Å². The van der Waals surface area contributed by atoms with Gasteiger partial charge in [0.05, 0.1) is 6.10 Å². The number of carbonyl (C=O) groups is 1. The molecule has 3 heteroatoms. The first kappa shape index (κ1) is 18.4. The van der Waals surface area contributed by atoms with Crippen molar-refractivity contribution in [2.24, 2.45) is 0 Å². The minimum Gasteiger partial charge on any atom is -0.458 e. The lowest BCUT2D eigenvalue weighted by Gasteiger charge is -2.05. The molecule has 1 aromatic carbocycles. The molecule has 0 saturated carbocycles. The third kappa shape index (κ3) is 9.35. The molecule has 1 atom stereocenters. The van der Waals surface area contributed by atoms with E-state index in [-0.39, 0.29) is 6.61 Å². The van der Waals surface area contributed by atoms with E-state index in [0.29, 0.717) is 6.42 Å². The zero-order valence-electron chi connectivity index (χ0n) is 13.5. The van der Waals surface area contributed by atoms with E-state index in [2.05, 4.69) is 6.92 Å². The van der Waals surface area contributed by atoms with Gasteiger partial charge in [0, 0.05) is 6.08 Å². The molecule has 122 valence electrons. The molecule has 0 saturated heterocycles. The van der Waals surface area contributed by atoms with Crippen molar-refractivity contribution in [3.8, 4) is 0 Å². The van der Waals surface area contributed by atoms with Crippen LogP contribution in [0.5, 0.6) is 0 Å². The predicted molar refractivity (Wildman–Crippen MR) is 89.4 cm³/mol. The molecule has 0 aliphatic heterocycles. The highest BCUT2D eigenvalue weighted by molar-refractivity contribution is 5.81. The molecular weight excluding hydrogens is 276 g/mol. The molecule has 1 rings (SSSR count). The molecule has 1 unspecified atom stereocenters. The normalized spacial score (nSPS) is 12.5. The van der Waals surface area contributed by atoms with Crippen LogP contribution in [-0.4, -0.2) is 17.2 Å². The van der Waals surface area contributed by atoms with E-state index in [9.17, 15) is 9.90 Å². The van der Waals surface area contributed by atoms with Crippen molar-refractivity contribution in [2.45, 2.75) is 64.6 Å². The lowest BCUT2D eigenvalue weighted by atomic mass is 10.1. The highest BCUT2D eigenvalue weighted by Gasteiger charge is 2.02. The Hall–Kier alpha value is -1.61. The van der Waals surface area contributed by atoms with Gasteiger partial charge in [-0.1, -0.05) is 75.8 Å². The zero-order chi connectivity index (χ0) is 16.0. The lowest BCUT2D eigenvalue weighted by Crippen LogP contribution is -2.05. The summed E-state index contributed by atoms with van der Waals surface area (Å²) in [5.41, 5.74) is 0.955.